The lowest BCUT2D eigenvalue weighted by Gasteiger charge is -2.31. The minimum atomic E-state index is -0.241. The van der Waals surface area contributed by atoms with Gasteiger partial charge in [-0.2, -0.15) is 4.65 Å². The number of hydrogen-bond acceptors (Lipinski definition) is 2. The first-order valence-corrected chi connectivity index (χ1v) is 9.10. The molecule has 0 saturated carbocycles. The van der Waals surface area contributed by atoms with Gasteiger partial charge in [-0.05, 0) is 19.8 Å². The van der Waals surface area contributed by atoms with Gasteiger partial charge in [0.15, 0.2) is 0 Å². The van der Waals surface area contributed by atoms with Crippen LogP contribution in [-0.2, 0) is 4.84 Å². The van der Waals surface area contributed by atoms with Crippen molar-refractivity contribution in [3.63, 3.8) is 0 Å². The van der Waals surface area contributed by atoms with Crippen molar-refractivity contribution in [3.05, 3.63) is 0 Å². The highest BCUT2D eigenvalue weighted by Gasteiger charge is 2.22. The van der Waals surface area contributed by atoms with Crippen LogP contribution in [0.25, 0.3) is 0 Å². The summed E-state index contributed by atoms with van der Waals surface area (Å²) in [5.74, 6) is 0. The largest absolute Gasteiger partial charge is 1.00 e. The van der Waals surface area contributed by atoms with Crippen molar-refractivity contribution in [2.75, 3.05) is 20.6 Å². The van der Waals surface area contributed by atoms with Gasteiger partial charge in [-0.1, -0.05) is 58.8 Å². The van der Waals surface area contributed by atoms with Crippen LogP contribution in [0, 0.1) is 0 Å². The maximum absolute atomic E-state index is 9.40. The summed E-state index contributed by atoms with van der Waals surface area (Å²) < 4.78 is 0.555. The third kappa shape index (κ3) is 15.1. The smallest absolute Gasteiger partial charge is 0.117 e. The Labute approximate surface area is 145 Å². The summed E-state index contributed by atoms with van der Waals surface area (Å²) in [7, 11) is 4.19. The minimum Gasteiger partial charge on any atom is -1.00 e. The number of nitrogens with zero attached hydrogens (tertiary/aromatic N) is 1. The summed E-state index contributed by atoms with van der Waals surface area (Å²) in [5.41, 5.74) is 0. The summed E-state index contributed by atoms with van der Waals surface area (Å²) in [6, 6.07) is 0. The van der Waals surface area contributed by atoms with Crippen molar-refractivity contribution in [3.8, 4) is 0 Å². The van der Waals surface area contributed by atoms with E-state index in [9.17, 15) is 5.11 Å². The standard InChI is InChI=1S/C18H40NO2.ClH/c1-6-8-9-10-11-12-13-14-18(7-2)21-19(4,5)16-15-17(3)20;/h17-18,20H,6-16H2,1-5H3;1H/q+1;/p-1. The summed E-state index contributed by atoms with van der Waals surface area (Å²) in [6.07, 6.45) is 12.6. The molecule has 22 heavy (non-hydrogen) atoms. The first-order valence-electron chi connectivity index (χ1n) is 9.10. The Hall–Kier alpha value is 0.170. The zero-order valence-corrected chi connectivity index (χ0v) is 16.4. The van der Waals surface area contributed by atoms with Gasteiger partial charge in [-0.15, -0.1) is 0 Å². The molecule has 0 spiro atoms. The van der Waals surface area contributed by atoms with Gasteiger partial charge in [-0.3, -0.25) is 0 Å². The van der Waals surface area contributed by atoms with Crippen molar-refractivity contribution >= 4 is 0 Å². The molecule has 0 rings (SSSR count). The van der Waals surface area contributed by atoms with E-state index in [2.05, 4.69) is 27.9 Å². The van der Waals surface area contributed by atoms with Gasteiger partial charge in [0.25, 0.3) is 0 Å². The van der Waals surface area contributed by atoms with Crippen LogP contribution in [0.4, 0.5) is 0 Å². The van der Waals surface area contributed by atoms with Crippen molar-refractivity contribution in [2.24, 2.45) is 0 Å². The second-order valence-corrected chi connectivity index (χ2v) is 6.98. The molecule has 0 fully saturated rings. The van der Waals surface area contributed by atoms with Crippen molar-refractivity contribution in [1.29, 1.82) is 0 Å². The average Bonchev–Trinajstić information content (AvgIpc) is 2.43. The normalized spacial score (nSPS) is 14.5. The molecule has 0 bridgehead atoms. The molecule has 0 amide bonds. The van der Waals surface area contributed by atoms with Crippen molar-refractivity contribution in [1.82, 2.24) is 0 Å². The van der Waals surface area contributed by atoms with E-state index >= 15 is 0 Å². The van der Waals surface area contributed by atoms with Crippen LogP contribution in [0.1, 0.15) is 85.0 Å². The fourth-order valence-corrected chi connectivity index (χ4v) is 2.61. The first-order chi connectivity index (χ1) is 9.91. The molecule has 3 nitrogen and oxygen atoms in total. The Morgan fingerprint density at radius 1 is 0.909 bits per heavy atom. The minimum absolute atomic E-state index is 0. The number of hydroxylamine groups is 3. The lowest BCUT2D eigenvalue weighted by Crippen LogP contribution is -3.00. The second kappa shape index (κ2) is 14.7. The highest BCUT2D eigenvalue weighted by Crippen LogP contribution is 2.16. The lowest BCUT2D eigenvalue weighted by atomic mass is 10.1. The summed E-state index contributed by atoms with van der Waals surface area (Å²) >= 11 is 0. The summed E-state index contributed by atoms with van der Waals surface area (Å²) in [5, 5.41) is 9.40. The molecule has 0 saturated heterocycles. The van der Waals surface area contributed by atoms with E-state index < -0.39 is 0 Å². The number of aliphatic hydroxyl groups is 1. The Morgan fingerprint density at radius 2 is 1.45 bits per heavy atom. The molecule has 0 aromatic carbocycles. The van der Waals surface area contributed by atoms with Crippen LogP contribution in [0.3, 0.4) is 0 Å². The quantitative estimate of drug-likeness (QED) is 0.297. The number of quaternary nitrogens is 1. The Balaban J connectivity index is 0. The maximum atomic E-state index is 9.40. The fourth-order valence-electron chi connectivity index (χ4n) is 2.61. The Morgan fingerprint density at radius 3 is 1.95 bits per heavy atom. The fraction of sp³-hybridized carbons (Fsp3) is 1.00. The van der Waals surface area contributed by atoms with Gasteiger partial charge < -0.3 is 17.5 Å². The molecule has 0 aliphatic heterocycles. The number of halogens is 1. The van der Waals surface area contributed by atoms with Gasteiger partial charge in [0.05, 0.1) is 20.2 Å². The van der Waals surface area contributed by atoms with Crippen LogP contribution in [0.5, 0.6) is 0 Å². The SMILES string of the molecule is CCCCCCCCCC(CC)O[N+](C)(C)CCC(C)O.[Cl-]. The van der Waals surface area contributed by atoms with Crippen molar-refractivity contribution in [2.45, 2.75) is 97.2 Å². The Bertz CT molecular complexity index is 235. The second-order valence-electron chi connectivity index (χ2n) is 6.98. The van der Waals surface area contributed by atoms with Gasteiger partial charge >= 0.3 is 0 Å². The zero-order chi connectivity index (χ0) is 16.1. The molecule has 2 atom stereocenters. The van der Waals surface area contributed by atoms with Gasteiger partial charge in [0.2, 0.25) is 0 Å². The highest BCUT2D eigenvalue weighted by molar-refractivity contribution is 4.55. The first kappa shape index (κ1) is 24.4. The molecular formula is C18H40ClNO2. The predicted octanol–water partition coefficient (Wildman–Crippen LogP) is 1.69. The van der Waals surface area contributed by atoms with E-state index in [0.29, 0.717) is 10.8 Å². The summed E-state index contributed by atoms with van der Waals surface area (Å²) in [4.78, 5) is 6.21. The zero-order valence-electron chi connectivity index (χ0n) is 15.6. The van der Waals surface area contributed by atoms with E-state index in [1.165, 1.54) is 51.4 Å². The van der Waals surface area contributed by atoms with Crippen LogP contribution < -0.4 is 12.4 Å². The number of rotatable bonds is 14. The molecule has 136 valence electrons. The molecule has 0 aromatic heterocycles. The highest BCUT2D eigenvalue weighted by atomic mass is 35.5. The Kier molecular flexibility index (Phi) is 16.4. The third-order valence-electron chi connectivity index (χ3n) is 4.10. The molecule has 0 aliphatic carbocycles. The van der Waals surface area contributed by atoms with E-state index in [1.54, 1.807) is 0 Å². The number of hydrogen-bond donors (Lipinski definition) is 1. The van der Waals surface area contributed by atoms with Crippen LogP contribution in [-0.4, -0.2) is 42.6 Å². The van der Waals surface area contributed by atoms with Crippen LogP contribution >= 0.6 is 0 Å². The van der Waals surface area contributed by atoms with Crippen molar-refractivity contribution < 1.29 is 27.0 Å². The maximum Gasteiger partial charge on any atom is 0.117 e. The average molecular weight is 338 g/mol. The third-order valence-corrected chi connectivity index (χ3v) is 4.10. The van der Waals surface area contributed by atoms with E-state index in [1.807, 2.05) is 6.92 Å². The van der Waals surface area contributed by atoms with Gasteiger partial charge in [-0.25, -0.2) is 4.84 Å². The molecular weight excluding hydrogens is 298 g/mol. The van der Waals surface area contributed by atoms with Gasteiger partial charge in [0.1, 0.15) is 12.6 Å². The molecule has 0 aromatic rings. The van der Waals surface area contributed by atoms with Crippen LogP contribution in [0.15, 0.2) is 0 Å². The molecule has 2 unspecified atom stereocenters. The lowest BCUT2D eigenvalue weighted by molar-refractivity contribution is -1.08. The van der Waals surface area contributed by atoms with E-state index in [-0.39, 0.29) is 18.5 Å². The topological polar surface area (TPSA) is 29.5 Å². The molecule has 0 aliphatic rings. The number of unbranched alkanes of at least 4 members (excludes halogenated alkanes) is 6. The van der Waals surface area contributed by atoms with Crippen LogP contribution in [0.2, 0.25) is 0 Å². The summed E-state index contributed by atoms with van der Waals surface area (Å²) in [6.45, 7) is 7.18. The molecule has 0 radical (unpaired) electrons. The number of aliphatic hydroxyl groups excluding tert-OH is 1. The molecule has 0 heterocycles. The predicted molar refractivity (Wildman–Crippen MR) is 91.0 cm³/mol. The van der Waals surface area contributed by atoms with E-state index in [0.717, 1.165) is 19.4 Å². The molecule has 1 N–H and O–H groups in total. The van der Waals surface area contributed by atoms with Gasteiger partial charge in [0, 0.05) is 6.42 Å². The monoisotopic (exact) mass is 337 g/mol. The van der Waals surface area contributed by atoms with E-state index in [4.69, 9.17) is 4.84 Å². The molecule has 4 heteroatoms.